The van der Waals surface area contributed by atoms with Gasteiger partial charge >= 0.3 is 0 Å². The molecule has 0 saturated carbocycles. The molecule has 0 aliphatic heterocycles. The van der Waals surface area contributed by atoms with Gasteiger partial charge in [-0.05, 0) is 37.6 Å². The Kier molecular flexibility index (Phi) is 3.27. The molecule has 0 saturated heterocycles. The molecule has 114 valence electrons. The number of aryl methyl sites for hydroxylation is 2. The lowest BCUT2D eigenvalue weighted by molar-refractivity contribution is 0.794. The number of aromatic nitrogens is 3. The van der Waals surface area contributed by atoms with E-state index in [1.807, 2.05) is 12.1 Å². The fraction of sp³-hybridized carbons (Fsp3) is 0.150. The fourth-order valence-electron chi connectivity index (χ4n) is 3.20. The molecule has 1 N–H and O–H groups in total. The molecule has 4 aromatic rings. The van der Waals surface area contributed by atoms with Crippen LogP contribution in [0.5, 0.6) is 0 Å². The van der Waals surface area contributed by atoms with Crippen LogP contribution in [0, 0.1) is 6.92 Å². The number of aromatic amines is 1. The smallest absolute Gasteiger partial charge is 0.158 e. The summed E-state index contributed by atoms with van der Waals surface area (Å²) in [4.78, 5) is 8.40. The monoisotopic (exact) mass is 301 g/mol. The molecule has 2 heterocycles. The standard InChI is InChI=1S/C20H19N3/c1-3-23-18-12-8-7-11-17(18)22-20(23)19-16(13-14(2)21-19)15-9-5-4-6-10-15/h4-13,21H,3H2,1-2H3. The summed E-state index contributed by atoms with van der Waals surface area (Å²) in [5, 5.41) is 0. The molecule has 0 unspecified atom stereocenters. The van der Waals surface area contributed by atoms with Crippen LogP contribution in [0.3, 0.4) is 0 Å². The first-order valence-electron chi connectivity index (χ1n) is 7.98. The summed E-state index contributed by atoms with van der Waals surface area (Å²) in [5.74, 6) is 1.00. The molecule has 2 aromatic heterocycles. The van der Waals surface area contributed by atoms with Gasteiger partial charge in [-0.25, -0.2) is 4.98 Å². The number of imidazole rings is 1. The van der Waals surface area contributed by atoms with Gasteiger partial charge in [-0.3, -0.25) is 0 Å². The first-order valence-corrected chi connectivity index (χ1v) is 7.98. The molecule has 0 aliphatic carbocycles. The third-order valence-corrected chi connectivity index (χ3v) is 4.23. The Morgan fingerprint density at radius 2 is 1.74 bits per heavy atom. The first kappa shape index (κ1) is 13.8. The van der Waals surface area contributed by atoms with Crippen molar-refractivity contribution in [3.05, 3.63) is 66.4 Å². The SMILES string of the molecule is CCn1c(-c2[nH]c(C)cc2-c2ccccc2)nc2ccccc21. The number of benzene rings is 2. The lowest BCUT2D eigenvalue weighted by Gasteiger charge is -2.07. The van der Waals surface area contributed by atoms with E-state index in [4.69, 9.17) is 4.98 Å². The van der Waals surface area contributed by atoms with Crippen molar-refractivity contribution in [2.24, 2.45) is 0 Å². The molecule has 0 amide bonds. The number of hydrogen-bond acceptors (Lipinski definition) is 1. The van der Waals surface area contributed by atoms with Crippen LogP contribution in [-0.4, -0.2) is 14.5 Å². The lowest BCUT2D eigenvalue weighted by atomic mass is 10.1. The van der Waals surface area contributed by atoms with Gasteiger partial charge in [-0.15, -0.1) is 0 Å². The summed E-state index contributed by atoms with van der Waals surface area (Å²) in [6, 6.07) is 21.0. The van der Waals surface area contributed by atoms with Gasteiger partial charge in [0.15, 0.2) is 5.82 Å². The van der Waals surface area contributed by atoms with Crippen molar-refractivity contribution in [3.63, 3.8) is 0 Å². The van der Waals surface area contributed by atoms with Crippen LogP contribution >= 0.6 is 0 Å². The number of H-pyrrole nitrogens is 1. The van der Waals surface area contributed by atoms with Gasteiger partial charge in [-0.2, -0.15) is 0 Å². The number of nitrogens with one attached hydrogen (secondary N) is 1. The molecule has 0 bridgehead atoms. The van der Waals surface area contributed by atoms with Gasteiger partial charge in [-0.1, -0.05) is 42.5 Å². The molecular formula is C20H19N3. The van der Waals surface area contributed by atoms with Crippen LogP contribution in [0.4, 0.5) is 0 Å². The predicted molar refractivity (Wildman–Crippen MR) is 95.4 cm³/mol. The fourth-order valence-corrected chi connectivity index (χ4v) is 3.20. The van der Waals surface area contributed by atoms with Crippen molar-refractivity contribution in [2.75, 3.05) is 0 Å². The van der Waals surface area contributed by atoms with E-state index in [0.29, 0.717) is 0 Å². The van der Waals surface area contributed by atoms with Crippen LogP contribution < -0.4 is 0 Å². The normalized spacial score (nSPS) is 11.2. The Labute approximate surface area is 135 Å². The van der Waals surface area contributed by atoms with Crippen molar-refractivity contribution in [1.29, 1.82) is 0 Å². The van der Waals surface area contributed by atoms with Crippen molar-refractivity contribution in [2.45, 2.75) is 20.4 Å². The maximum absolute atomic E-state index is 4.88. The summed E-state index contributed by atoms with van der Waals surface area (Å²) in [6.45, 7) is 5.15. The maximum Gasteiger partial charge on any atom is 0.158 e. The maximum atomic E-state index is 4.88. The van der Waals surface area contributed by atoms with E-state index >= 15 is 0 Å². The van der Waals surface area contributed by atoms with E-state index in [0.717, 1.165) is 29.3 Å². The highest BCUT2D eigenvalue weighted by atomic mass is 15.1. The van der Waals surface area contributed by atoms with Gasteiger partial charge in [0.1, 0.15) is 0 Å². The zero-order chi connectivity index (χ0) is 15.8. The molecule has 3 nitrogen and oxygen atoms in total. The molecule has 2 aromatic carbocycles. The quantitative estimate of drug-likeness (QED) is 0.566. The molecule has 23 heavy (non-hydrogen) atoms. The summed E-state index contributed by atoms with van der Waals surface area (Å²) < 4.78 is 2.27. The largest absolute Gasteiger partial charge is 0.356 e. The van der Waals surface area contributed by atoms with Gasteiger partial charge < -0.3 is 9.55 Å². The van der Waals surface area contributed by atoms with Crippen LogP contribution in [0.15, 0.2) is 60.7 Å². The molecule has 3 heteroatoms. The van der Waals surface area contributed by atoms with Crippen LogP contribution in [0.25, 0.3) is 33.7 Å². The van der Waals surface area contributed by atoms with E-state index in [-0.39, 0.29) is 0 Å². The van der Waals surface area contributed by atoms with E-state index in [1.54, 1.807) is 0 Å². The average molecular weight is 301 g/mol. The highest BCUT2D eigenvalue weighted by Gasteiger charge is 2.17. The lowest BCUT2D eigenvalue weighted by Crippen LogP contribution is -1.98. The van der Waals surface area contributed by atoms with Gasteiger partial charge in [0, 0.05) is 17.8 Å². The second kappa shape index (κ2) is 5.43. The first-order chi connectivity index (χ1) is 11.3. The Morgan fingerprint density at radius 1 is 1.00 bits per heavy atom. The van der Waals surface area contributed by atoms with Gasteiger partial charge in [0.2, 0.25) is 0 Å². The molecule has 0 atom stereocenters. The molecular weight excluding hydrogens is 282 g/mol. The topological polar surface area (TPSA) is 33.6 Å². The van der Waals surface area contributed by atoms with Crippen LogP contribution in [-0.2, 0) is 6.54 Å². The number of fused-ring (bicyclic) bond motifs is 1. The summed E-state index contributed by atoms with van der Waals surface area (Å²) in [7, 11) is 0. The molecule has 0 spiro atoms. The van der Waals surface area contributed by atoms with Crippen molar-refractivity contribution in [1.82, 2.24) is 14.5 Å². The minimum atomic E-state index is 0.891. The molecule has 0 radical (unpaired) electrons. The molecule has 4 rings (SSSR count). The van der Waals surface area contributed by atoms with E-state index < -0.39 is 0 Å². The van der Waals surface area contributed by atoms with Crippen molar-refractivity contribution < 1.29 is 0 Å². The van der Waals surface area contributed by atoms with Crippen molar-refractivity contribution in [3.8, 4) is 22.6 Å². The second-order valence-electron chi connectivity index (χ2n) is 5.78. The highest BCUT2D eigenvalue weighted by Crippen LogP contribution is 2.33. The van der Waals surface area contributed by atoms with Crippen LogP contribution in [0.2, 0.25) is 0 Å². The summed E-state index contributed by atoms with van der Waals surface area (Å²) in [5.41, 5.74) is 6.86. The third-order valence-electron chi connectivity index (χ3n) is 4.23. The third kappa shape index (κ3) is 2.25. The Hall–Kier alpha value is -2.81. The zero-order valence-electron chi connectivity index (χ0n) is 13.4. The Morgan fingerprint density at radius 3 is 2.52 bits per heavy atom. The minimum absolute atomic E-state index is 0.891. The van der Waals surface area contributed by atoms with Gasteiger partial charge in [0.25, 0.3) is 0 Å². The summed E-state index contributed by atoms with van der Waals surface area (Å²) >= 11 is 0. The Balaban J connectivity index is 1.99. The number of rotatable bonds is 3. The predicted octanol–water partition coefficient (Wildman–Crippen LogP) is 5.03. The van der Waals surface area contributed by atoms with Crippen LogP contribution in [0.1, 0.15) is 12.6 Å². The molecule has 0 aliphatic rings. The van der Waals surface area contributed by atoms with E-state index in [9.17, 15) is 0 Å². The zero-order valence-corrected chi connectivity index (χ0v) is 13.4. The number of nitrogens with zero attached hydrogens (tertiary/aromatic N) is 2. The van der Waals surface area contributed by atoms with Gasteiger partial charge in [0.05, 0.1) is 16.7 Å². The Bertz CT molecular complexity index is 961. The van der Waals surface area contributed by atoms with E-state index in [2.05, 4.69) is 71.9 Å². The summed E-state index contributed by atoms with van der Waals surface area (Å²) in [6.07, 6.45) is 0. The number of hydrogen-bond donors (Lipinski definition) is 1. The average Bonchev–Trinajstić information content (AvgIpc) is 3.15. The minimum Gasteiger partial charge on any atom is -0.356 e. The molecule has 0 fully saturated rings. The second-order valence-corrected chi connectivity index (χ2v) is 5.78. The highest BCUT2D eigenvalue weighted by molar-refractivity contribution is 5.85. The van der Waals surface area contributed by atoms with E-state index in [1.165, 1.54) is 16.6 Å². The van der Waals surface area contributed by atoms with Crippen molar-refractivity contribution >= 4 is 11.0 Å². The number of para-hydroxylation sites is 2.